The molecule has 754 valence electrons. The summed E-state index contributed by atoms with van der Waals surface area (Å²) in [5.74, 6) is -5.13. The van der Waals surface area contributed by atoms with E-state index in [-0.39, 0.29) is 70.3 Å². The molecule has 0 bridgehead atoms. The Kier molecular flexibility index (Phi) is 49.9. The molecule has 2 aliphatic heterocycles. The molecular weight excluding hydrogens is 1910 g/mol. The Morgan fingerprint density at radius 2 is 0.695 bits per heavy atom. The number of anilines is 10. The van der Waals surface area contributed by atoms with Gasteiger partial charge < -0.3 is 105 Å². The number of unbranched alkanes of at least 4 members (excludes halogenated alkanes) is 2. The predicted molar refractivity (Wildman–Crippen MR) is 553 cm³/mol. The molecule has 2 aliphatic rings. The lowest BCUT2D eigenvalue weighted by atomic mass is 10.1. The molecule has 141 heavy (non-hydrogen) atoms. The third-order valence-corrected chi connectivity index (χ3v) is 23.0. The molecule has 11 N–H and O–H groups in total. The summed E-state index contributed by atoms with van der Waals surface area (Å²) in [6.07, 6.45) is 11.3. The summed E-state index contributed by atoms with van der Waals surface area (Å²) >= 11 is 30.6. The van der Waals surface area contributed by atoms with Gasteiger partial charge in [0.25, 0.3) is 0 Å². The second-order valence-corrected chi connectivity index (χ2v) is 34.9. The topological polar surface area (TPSA) is 393 Å². The maximum absolute atomic E-state index is 13.1. The van der Waals surface area contributed by atoms with Gasteiger partial charge in [-0.15, -0.1) is 6.58 Å². The highest BCUT2D eigenvalue weighted by Crippen LogP contribution is 2.36. The number of nitrogens with one attached hydrogen (secondary N) is 5. The molecule has 5 unspecified atom stereocenters. The highest BCUT2D eigenvalue weighted by Gasteiger charge is 2.35. The van der Waals surface area contributed by atoms with Crippen molar-refractivity contribution in [1.82, 2.24) is 0 Å². The number of aliphatic hydroxyl groups is 5. The number of esters is 6. The first kappa shape index (κ1) is 116. The summed E-state index contributed by atoms with van der Waals surface area (Å²) < 4.78 is 53.4. The van der Waals surface area contributed by atoms with Gasteiger partial charge in [0.2, 0.25) is 0 Å². The largest absolute Gasteiger partial charge is 0.478 e. The van der Waals surface area contributed by atoms with Crippen LogP contribution in [-0.2, 0) is 57.0 Å². The smallest absolute Gasteiger partial charge is 0.340 e. The number of ether oxygens (including phenoxy) is 10. The van der Waals surface area contributed by atoms with Crippen LogP contribution < -0.4 is 26.6 Å². The van der Waals surface area contributed by atoms with Gasteiger partial charge in [0.1, 0.15) is 57.5 Å². The van der Waals surface area contributed by atoms with E-state index in [0.29, 0.717) is 102 Å². The second kappa shape index (κ2) is 60.8. The number of carboxylic acid groups (broad SMARTS) is 1. The van der Waals surface area contributed by atoms with Crippen LogP contribution in [0.25, 0.3) is 0 Å². The monoisotopic (exact) mass is 2030 g/mol. The van der Waals surface area contributed by atoms with Gasteiger partial charge >= 0.3 is 41.8 Å². The summed E-state index contributed by atoms with van der Waals surface area (Å²) in [7, 11) is 0. The molecule has 0 aliphatic carbocycles. The van der Waals surface area contributed by atoms with Crippen molar-refractivity contribution in [2.45, 2.75) is 163 Å². The van der Waals surface area contributed by atoms with E-state index in [2.05, 4.69) is 33.2 Å². The van der Waals surface area contributed by atoms with E-state index in [1.807, 2.05) is 172 Å². The number of carbonyl (C=O) groups excluding carboxylic acids is 6. The molecular formula is C108H124Cl5N5O23. The van der Waals surface area contributed by atoms with Gasteiger partial charge in [-0.2, -0.15) is 0 Å². The van der Waals surface area contributed by atoms with E-state index in [4.69, 9.17) is 126 Å². The van der Waals surface area contributed by atoms with Crippen molar-refractivity contribution in [3.8, 4) is 0 Å². The minimum Gasteiger partial charge on any atom is -0.478 e. The second-order valence-electron chi connectivity index (χ2n) is 32.8. The molecule has 10 aromatic carbocycles. The molecule has 0 amide bonds. The molecule has 28 nitrogen and oxygen atoms in total. The van der Waals surface area contributed by atoms with Crippen LogP contribution in [0.1, 0.15) is 166 Å². The molecule has 0 saturated carbocycles. The molecule has 0 radical (unpaired) electrons. The van der Waals surface area contributed by atoms with Crippen LogP contribution in [0.15, 0.2) is 249 Å². The fourth-order valence-corrected chi connectivity index (χ4v) is 13.9. The number of carbonyl (C=O) groups is 7. The van der Waals surface area contributed by atoms with Crippen molar-refractivity contribution in [1.29, 1.82) is 0 Å². The van der Waals surface area contributed by atoms with Crippen LogP contribution in [0.3, 0.4) is 0 Å². The number of hydrogen-bond acceptors (Lipinski definition) is 27. The molecule has 0 spiro atoms. The summed E-state index contributed by atoms with van der Waals surface area (Å²) in [6, 6.07) is 62.1. The number of rotatable bonds is 40. The third kappa shape index (κ3) is 40.0. The van der Waals surface area contributed by atoms with Crippen LogP contribution >= 0.6 is 58.0 Å². The molecule has 2 fully saturated rings. The van der Waals surface area contributed by atoms with Crippen LogP contribution in [0.2, 0.25) is 25.1 Å². The Morgan fingerprint density at radius 3 is 1.01 bits per heavy atom. The Labute approximate surface area is 848 Å². The Bertz CT molecular complexity index is 5680. The fraction of sp³-hybridized carbons (Fsp3) is 0.324. The zero-order valence-electron chi connectivity index (χ0n) is 80.4. The zero-order chi connectivity index (χ0) is 103. The highest BCUT2D eigenvalue weighted by molar-refractivity contribution is 6.33. The molecule has 0 aromatic heterocycles. The maximum atomic E-state index is 13.1. The van der Waals surface area contributed by atoms with Crippen LogP contribution in [0.4, 0.5) is 56.9 Å². The highest BCUT2D eigenvalue weighted by atomic mass is 35.5. The van der Waals surface area contributed by atoms with Crippen LogP contribution in [0, 0.1) is 34.6 Å². The van der Waals surface area contributed by atoms with Crippen molar-refractivity contribution >= 4 is 157 Å². The quantitative estimate of drug-likeness (QED) is 0.00735. The van der Waals surface area contributed by atoms with Gasteiger partial charge in [0.15, 0.2) is 17.7 Å². The minimum atomic E-state index is -1.09. The fourth-order valence-electron chi connectivity index (χ4n) is 13.0. The number of benzene rings is 10. The van der Waals surface area contributed by atoms with Crippen molar-refractivity contribution in [3.63, 3.8) is 0 Å². The number of carboxylic acids is 1. The zero-order valence-corrected chi connectivity index (χ0v) is 84.2. The van der Waals surface area contributed by atoms with Gasteiger partial charge in [0, 0.05) is 66.4 Å². The number of allylic oxidation sites excluding steroid dienone is 5. The average molecular weight is 2040 g/mol. The number of hydrogen-bond donors (Lipinski definition) is 11. The summed E-state index contributed by atoms with van der Waals surface area (Å²) in [4.78, 5) is 85.8. The van der Waals surface area contributed by atoms with Gasteiger partial charge in [-0.1, -0.05) is 186 Å². The summed E-state index contributed by atoms with van der Waals surface area (Å²) in [5, 5.41) is 72.8. The average Bonchev–Trinajstić information content (AvgIpc) is 1.02. The Balaban J connectivity index is 0.000000240. The van der Waals surface area contributed by atoms with Crippen molar-refractivity contribution in [3.05, 3.63) is 330 Å². The first-order valence-corrected chi connectivity index (χ1v) is 47.4. The minimum absolute atomic E-state index is 0.0451. The Hall–Kier alpha value is -12.2. The lowest BCUT2D eigenvalue weighted by Crippen LogP contribution is -2.31. The van der Waals surface area contributed by atoms with E-state index < -0.39 is 84.9 Å². The van der Waals surface area contributed by atoms with Crippen molar-refractivity contribution in [2.24, 2.45) is 0 Å². The molecule has 12 rings (SSSR count). The first-order valence-electron chi connectivity index (χ1n) is 45.6. The third-order valence-electron chi connectivity index (χ3n) is 20.9. The van der Waals surface area contributed by atoms with E-state index in [9.17, 15) is 43.8 Å². The lowest BCUT2D eigenvalue weighted by Gasteiger charge is -2.19. The number of aliphatic hydroxyl groups excluding tert-OH is 5. The lowest BCUT2D eigenvalue weighted by molar-refractivity contribution is -0.161. The van der Waals surface area contributed by atoms with E-state index >= 15 is 0 Å². The molecule has 33 heteroatoms. The number of halogens is 5. The van der Waals surface area contributed by atoms with E-state index in [1.165, 1.54) is 0 Å². The van der Waals surface area contributed by atoms with Crippen molar-refractivity contribution in [2.75, 3.05) is 92.7 Å². The molecule has 5 atom stereocenters. The number of para-hydroxylation sites is 5. The van der Waals surface area contributed by atoms with Crippen LogP contribution in [0.5, 0.6) is 0 Å². The molecule has 2 saturated heterocycles. The normalized spacial score (nSPS) is 14.2. The Morgan fingerprint density at radius 1 is 0.397 bits per heavy atom. The van der Waals surface area contributed by atoms with Gasteiger partial charge in [-0.05, 0) is 250 Å². The predicted octanol–water partition coefficient (Wildman–Crippen LogP) is 23.2. The molecule has 10 aromatic rings. The summed E-state index contributed by atoms with van der Waals surface area (Å²) in [5.41, 5.74) is 12.9. The van der Waals surface area contributed by atoms with Crippen molar-refractivity contribution < 1.29 is 112 Å². The molecule has 2 heterocycles. The van der Waals surface area contributed by atoms with E-state index in [0.717, 1.165) is 81.9 Å². The maximum Gasteiger partial charge on any atom is 0.340 e. The number of aromatic carboxylic acids is 1. The standard InChI is InChI=1S/C34H42ClNO6.C20H22ClNO4.2C17H18ClNO4.C14H12ClNO2.C6H12O3/c1-4-6-8-10-12-14-23-33(38)42-27(24-40-32(37)22-13-11-9-7-5-2)25-41-34(39)28-18-15-16-20-31(28)36-30-21-17-19-29(35)26(30)3;1-13-16(21)8-6-10-17(13)22-18-9-5-4-7-15(18)19(23)24-11-14-12-25-20(2,3)26-14;2*1-11-14(18)6-4-8-15(11)19-16-7-3-2-5-13(16)17(22)23-10-12(21)9-20;1-9-11(15)6-4-8-12(9)16-13-7-3-2-5-10(13)14(17)18;1-6(2)8-4-5(3-7)9-6/h4,7-10,15-21,27,36H,1,5-6,11-14,22-25H2,2-3H3;4-10,14,22H,11-12H2,1-3H3;2*2-8,12,19-21H,9-10H2,1H3;2-8,16H,1H3,(H,17,18);5,7H,3-4H2,1-2H3/b9-7-,10-8-;;;;;. The summed E-state index contributed by atoms with van der Waals surface area (Å²) in [6.45, 7) is 21.7. The van der Waals surface area contributed by atoms with Crippen LogP contribution in [-0.4, -0.2) is 181 Å². The van der Waals surface area contributed by atoms with E-state index in [1.54, 1.807) is 140 Å². The van der Waals surface area contributed by atoms with Gasteiger partial charge in [-0.25, -0.2) is 24.0 Å². The first-order chi connectivity index (χ1) is 67.5. The van der Waals surface area contributed by atoms with Gasteiger partial charge in [0.05, 0.1) is 89.3 Å². The van der Waals surface area contributed by atoms with Gasteiger partial charge in [-0.3, -0.25) is 9.59 Å². The SMILES string of the molecule is C=CC/C=C\CCCC(=O)OC(COC(=O)CCC/C=C\CC)COC(=O)c1ccccc1Nc1cccc(Cl)c1C.CC1(C)OCC(CO)O1.Cc1c(Cl)cccc1Nc1ccccc1C(=O)O.Cc1c(Cl)cccc1Nc1ccccc1C(=O)OCC(O)CO.Cc1c(Cl)cccc1Nc1ccccc1C(=O)OCC(O)CO.Cc1c(Cl)cccc1Nc1ccccc1C(=O)OCC1COC(C)(C)O1.